The molecule has 3 saturated heterocycles. The van der Waals surface area contributed by atoms with Crippen molar-refractivity contribution >= 4 is 29.3 Å². The fraction of sp³-hybridized carbons (Fsp3) is 0.724. The average Bonchev–Trinajstić information content (AvgIpc) is 3.19. The average molecular weight is 533 g/mol. The lowest BCUT2D eigenvalue weighted by molar-refractivity contribution is -0.136. The molecule has 3 heterocycles. The third kappa shape index (κ3) is 7.62. The summed E-state index contributed by atoms with van der Waals surface area (Å²) in [5.41, 5.74) is 1.36. The number of anilines is 1. The van der Waals surface area contributed by atoms with Crippen LogP contribution in [0.2, 0.25) is 0 Å². The maximum absolute atomic E-state index is 15.2. The molecule has 2 amide bonds. The number of halogens is 1. The van der Waals surface area contributed by atoms with Crippen molar-refractivity contribution in [3.8, 4) is 0 Å². The Balaban J connectivity index is 1.51. The second-order valence-corrected chi connectivity index (χ2v) is 13.3. The number of likely N-dealkylation sites (tertiary alicyclic amines) is 2. The van der Waals surface area contributed by atoms with Gasteiger partial charge in [-0.3, -0.25) is 9.59 Å². The van der Waals surface area contributed by atoms with E-state index in [1.807, 2.05) is 15.9 Å². The number of hydrogen-bond donors (Lipinski definition) is 1. The molecular formula is C29H45FN4O2S. The van der Waals surface area contributed by atoms with Crippen LogP contribution < -0.4 is 5.32 Å². The molecule has 3 aliphatic rings. The van der Waals surface area contributed by atoms with E-state index < -0.39 is 5.25 Å². The number of thioether (sulfide) groups is 1. The van der Waals surface area contributed by atoms with Gasteiger partial charge < -0.3 is 20.0 Å². The van der Waals surface area contributed by atoms with Gasteiger partial charge in [0.05, 0.1) is 10.9 Å². The first-order valence-electron chi connectivity index (χ1n) is 14.2. The van der Waals surface area contributed by atoms with Crippen LogP contribution in [0, 0.1) is 11.2 Å². The number of piperidine rings is 2. The quantitative estimate of drug-likeness (QED) is 0.455. The van der Waals surface area contributed by atoms with E-state index in [1.54, 1.807) is 6.07 Å². The molecule has 3 fully saturated rings. The van der Waals surface area contributed by atoms with Crippen molar-refractivity contribution < 1.29 is 14.0 Å². The third-order valence-electron chi connectivity index (χ3n) is 7.80. The van der Waals surface area contributed by atoms with Crippen LogP contribution in [-0.2, 0) is 9.59 Å². The Kier molecular flexibility index (Phi) is 9.79. The molecule has 2 atom stereocenters. The summed E-state index contributed by atoms with van der Waals surface area (Å²) < 4.78 is 15.2. The summed E-state index contributed by atoms with van der Waals surface area (Å²) in [5.74, 6) is -0.206. The maximum atomic E-state index is 15.2. The van der Waals surface area contributed by atoms with Crippen molar-refractivity contribution in [3.63, 3.8) is 0 Å². The van der Waals surface area contributed by atoms with Gasteiger partial charge in [0, 0.05) is 44.7 Å². The smallest absolute Gasteiger partial charge is 0.237 e. The van der Waals surface area contributed by atoms with E-state index in [0.29, 0.717) is 18.8 Å². The van der Waals surface area contributed by atoms with Gasteiger partial charge in [0.2, 0.25) is 11.8 Å². The van der Waals surface area contributed by atoms with Crippen molar-refractivity contribution in [2.75, 3.05) is 51.1 Å². The number of rotatable bonds is 9. The Labute approximate surface area is 226 Å². The summed E-state index contributed by atoms with van der Waals surface area (Å²) in [6.07, 6.45) is 8.05. The molecule has 0 saturated carbocycles. The van der Waals surface area contributed by atoms with Crippen LogP contribution >= 0.6 is 11.8 Å². The van der Waals surface area contributed by atoms with Crippen molar-refractivity contribution in [1.82, 2.24) is 14.7 Å². The summed E-state index contributed by atoms with van der Waals surface area (Å²) in [7, 11) is 0. The highest BCUT2D eigenvalue weighted by Gasteiger charge is 2.43. The second-order valence-electron chi connectivity index (χ2n) is 12.0. The van der Waals surface area contributed by atoms with Crippen LogP contribution in [0.15, 0.2) is 18.2 Å². The fourth-order valence-electron chi connectivity index (χ4n) is 5.53. The van der Waals surface area contributed by atoms with E-state index in [9.17, 15) is 9.59 Å². The zero-order valence-electron chi connectivity index (χ0n) is 22.9. The predicted molar refractivity (Wildman–Crippen MR) is 150 cm³/mol. The van der Waals surface area contributed by atoms with Gasteiger partial charge in [0.1, 0.15) is 11.2 Å². The van der Waals surface area contributed by atoms with E-state index in [1.165, 1.54) is 37.1 Å². The number of benzene rings is 1. The second kappa shape index (κ2) is 12.8. The normalized spacial score (nSPS) is 23.5. The summed E-state index contributed by atoms with van der Waals surface area (Å²) in [5, 5.41) is 2.65. The minimum Gasteiger partial charge on any atom is -0.381 e. The standard InChI is InChI=1S/C29H45FN4O2S/c1-29(2,3)13-19-34-27(36)24(21-25(35)33-17-8-5-9-18-33)37-28(34)22-11-10-12-23(30)26(22)31-14-20-32-15-6-4-7-16-32/h10-12,24,28,31H,4-9,13-21H2,1-3H3/t24-,28?/m0/s1. The lowest BCUT2D eigenvalue weighted by Crippen LogP contribution is -2.39. The number of nitrogens with zero attached hydrogens (tertiary/aromatic N) is 3. The van der Waals surface area contributed by atoms with Gasteiger partial charge in [-0.25, -0.2) is 4.39 Å². The van der Waals surface area contributed by atoms with Gasteiger partial charge in [0.15, 0.2) is 0 Å². The number of para-hydroxylation sites is 1. The fourth-order valence-corrected chi connectivity index (χ4v) is 7.03. The van der Waals surface area contributed by atoms with E-state index in [0.717, 1.165) is 64.0 Å². The van der Waals surface area contributed by atoms with Gasteiger partial charge in [0.25, 0.3) is 0 Å². The molecule has 0 spiro atoms. The summed E-state index contributed by atoms with van der Waals surface area (Å²) >= 11 is 1.52. The molecular weight excluding hydrogens is 487 g/mol. The molecule has 1 aromatic rings. The van der Waals surface area contributed by atoms with Gasteiger partial charge in [-0.05, 0) is 63.1 Å². The zero-order valence-corrected chi connectivity index (χ0v) is 23.8. The molecule has 3 aliphatic heterocycles. The Hall–Kier alpha value is -1.80. The number of amides is 2. The molecule has 4 rings (SSSR count). The van der Waals surface area contributed by atoms with Gasteiger partial charge in [-0.15, -0.1) is 11.8 Å². The Bertz CT molecular complexity index is 925. The largest absolute Gasteiger partial charge is 0.381 e. The van der Waals surface area contributed by atoms with Gasteiger partial charge in [-0.1, -0.05) is 39.3 Å². The van der Waals surface area contributed by atoms with Crippen LogP contribution in [0.3, 0.4) is 0 Å². The molecule has 6 nitrogen and oxygen atoms in total. The SMILES string of the molecule is CC(C)(C)CCN1C(=O)[C@H](CC(=O)N2CCCCC2)SC1c1cccc(F)c1NCCN1CCCCC1. The molecule has 206 valence electrons. The lowest BCUT2D eigenvalue weighted by Gasteiger charge is -2.30. The zero-order chi connectivity index (χ0) is 26.4. The first-order valence-corrected chi connectivity index (χ1v) is 15.2. The summed E-state index contributed by atoms with van der Waals surface area (Å²) in [4.78, 5) is 32.9. The minimum absolute atomic E-state index is 0.00753. The topological polar surface area (TPSA) is 55.9 Å². The molecule has 0 aromatic heterocycles. The van der Waals surface area contributed by atoms with Crippen LogP contribution in [0.4, 0.5) is 10.1 Å². The number of carbonyl (C=O) groups is 2. The number of hydrogen-bond acceptors (Lipinski definition) is 5. The van der Waals surface area contributed by atoms with E-state index >= 15 is 4.39 Å². The Morgan fingerprint density at radius 1 is 1.03 bits per heavy atom. The maximum Gasteiger partial charge on any atom is 0.237 e. The van der Waals surface area contributed by atoms with E-state index in [2.05, 4.69) is 31.0 Å². The summed E-state index contributed by atoms with van der Waals surface area (Å²) in [6, 6.07) is 5.17. The van der Waals surface area contributed by atoms with Crippen LogP contribution in [0.1, 0.15) is 83.1 Å². The molecule has 0 radical (unpaired) electrons. The van der Waals surface area contributed by atoms with Gasteiger partial charge in [-0.2, -0.15) is 0 Å². The highest BCUT2D eigenvalue weighted by Crippen LogP contribution is 2.47. The number of nitrogens with one attached hydrogen (secondary N) is 1. The Morgan fingerprint density at radius 2 is 1.70 bits per heavy atom. The molecule has 1 unspecified atom stereocenters. The highest BCUT2D eigenvalue weighted by atomic mass is 32.2. The molecule has 1 N–H and O–H groups in total. The minimum atomic E-state index is -0.427. The first-order chi connectivity index (χ1) is 17.7. The molecule has 8 heteroatoms. The predicted octanol–water partition coefficient (Wildman–Crippen LogP) is 5.50. The van der Waals surface area contributed by atoms with E-state index in [4.69, 9.17) is 0 Å². The lowest BCUT2D eigenvalue weighted by atomic mass is 9.92. The van der Waals surface area contributed by atoms with Crippen molar-refractivity contribution in [3.05, 3.63) is 29.6 Å². The van der Waals surface area contributed by atoms with Crippen molar-refractivity contribution in [2.45, 2.75) is 82.8 Å². The van der Waals surface area contributed by atoms with Gasteiger partial charge >= 0.3 is 0 Å². The van der Waals surface area contributed by atoms with Crippen molar-refractivity contribution in [2.24, 2.45) is 5.41 Å². The third-order valence-corrected chi connectivity index (χ3v) is 9.26. The monoisotopic (exact) mass is 532 g/mol. The summed E-state index contributed by atoms with van der Waals surface area (Å²) in [6.45, 7) is 12.4. The molecule has 0 bridgehead atoms. The molecule has 1 aromatic carbocycles. The van der Waals surface area contributed by atoms with Crippen LogP contribution in [0.5, 0.6) is 0 Å². The first kappa shape index (κ1) is 28.2. The molecule has 0 aliphatic carbocycles. The van der Waals surface area contributed by atoms with Crippen molar-refractivity contribution in [1.29, 1.82) is 0 Å². The molecule has 37 heavy (non-hydrogen) atoms. The Morgan fingerprint density at radius 3 is 2.38 bits per heavy atom. The van der Waals surface area contributed by atoms with Crippen LogP contribution in [0.25, 0.3) is 0 Å². The highest BCUT2D eigenvalue weighted by molar-refractivity contribution is 8.01. The van der Waals surface area contributed by atoms with E-state index in [-0.39, 0.29) is 34.8 Å². The van der Waals surface area contributed by atoms with Crippen LogP contribution in [-0.4, -0.2) is 77.6 Å². The number of carbonyl (C=O) groups excluding carboxylic acids is 2.